The van der Waals surface area contributed by atoms with Crippen molar-refractivity contribution in [1.29, 1.82) is 0 Å². The zero-order valence-electron chi connectivity index (χ0n) is 15.3. The highest BCUT2D eigenvalue weighted by molar-refractivity contribution is 7.92. The number of nitrogens with one attached hydrogen (secondary N) is 1. The molecule has 9 nitrogen and oxygen atoms in total. The molecule has 0 unspecified atom stereocenters. The first-order valence-corrected chi connectivity index (χ1v) is 10.8. The summed E-state index contributed by atoms with van der Waals surface area (Å²) in [5.41, 5.74) is 0.757. The number of rotatable bonds is 4. The van der Waals surface area contributed by atoms with Gasteiger partial charge in [0.05, 0.1) is 4.92 Å². The summed E-state index contributed by atoms with van der Waals surface area (Å²) in [5, 5.41) is 14.1. The minimum atomic E-state index is -3.54. The number of hydrogen-bond acceptors (Lipinski definition) is 7. The van der Waals surface area contributed by atoms with Gasteiger partial charge < -0.3 is 15.1 Å². The van der Waals surface area contributed by atoms with Gasteiger partial charge in [0.25, 0.3) is 5.69 Å². The average Bonchev–Trinajstić information content (AvgIpc) is 2.67. The van der Waals surface area contributed by atoms with Gasteiger partial charge in [-0.05, 0) is 32.0 Å². The van der Waals surface area contributed by atoms with E-state index in [-0.39, 0.29) is 24.4 Å². The molecule has 1 aromatic carbocycles. The fourth-order valence-corrected chi connectivity index (χ4v) is 5.23. The summed E-state index contributed by atoms with van der Waals surface area (Å²) in [6.07, 6.45) is 1.72. The topological polar surface area (TPSA) is 113 Å². The van der Waals surface area contributed by atoms with Crippen LogP contribution >= 0.6 is 0 Å². The molecule has 0 aromatic heterocycles. The molecule has 2 heterocycles. The summed E-state index contributed by atoms with van der Waals surface area (Å²) in [6.45, 7) is 2.81. The molecule has 0 radical (unpaired) electrons. The molecule has 10 heteroatoms. The predicted molar refractivity (Wildman–Crippen MR) is 102 cm³/mol. The predicted octanol–water partition coefficient (Wildman–Crippen LogP) is 0.410. The largest absolute Gasteiger partial charge is 0.368 e. The molecule has 1 amide bonds. The summed E-state index contributed by atoms with van der Waals surface area (Å²) >= 11 is 0. The van der Waals surface area contributed by atoms with Crippen molar-refractivity contribution in [1.82, 2.24) is 10.2 Å². The third-order valence-electron chi connectivity index (χ3n) is 5.48. The van der Waals surface area contributed by atoms with Crippen molar-refractivity contribution in [3.63, 3.8) is 0 Å². The quantitative estimate of drug-likeness (QED) is 0.579. The highest BCUT2D eigenvalue weighted by Crippen LogP contribution is 2.31. The Hall–Kier alpha value is -2.20. The Labute approximate surface area is 158 Å². The number of benzene rings is 1. The van der Waals surface area contributed by atoms with Gasteiger partial charge in [-0.2, -0.15) is 0 Å². The van der Waals surface area contributed by atoms with E-state index in [9.17, 15) is 23.3 Å². The van der Waals surface area contributed by atoms with Crippen LogP contribution < -0.4 is 10.2 Å². The Bertz CT molecular complexity index is 827. The number of sulfone groups is 1. The van der Waals surface area contributed by atoms with Gasteiger partial charge in [-0.15, -0.1) is 0 Å². The van der Waals surface area contributed by atoms with Crippen LogP contribution in [-0.4, -0.2) is 74.4 Å². The summed E-state index contributed by atoms with van der Waals surface area (Å²) in [6, 6.07) is 6.40. The Morgan fingerprint density at radius 2 is 1.81 bits per heavy atom. The fraction of sp³-hybridized carbons (Fsp3) is 0.588. The number of piperazine rings is 1. The first-order chi connectivity index (χ1) is 12.7. The molecule has 1 aromatic rings. The Morgan fingerprint density at radius 3 is 2.37 bits per heavy atom. The number of nitro benzene ring substituents is 1. The number of hydrogen-bond donors (Lipinski definition) is 1. The minimum Gasteiger partial charge on any atom is -0.368 e. The molecule has 1 N–H and O–H groups in total. The van der Waals surface area contributed by atoms with Crippen LogP contribution in [0.1, 0.15) is 12.8 Å². The normalized spacial score (nSPS) is 20.3. The minimum absolute atomic E-state index is 0.0248. The number of nitrogens with zero attached hydrogens (tertiary/aromatic N) is 3. The van der Waals surface area contributed by atoms with Crippen LogP contribution in [0.3, 0.4) is 0 Å². The van der Waals surface area contributed by atoms with Gasteiger partial charge in [0.1, 0.15) is 0 Å². The van der Waals surface area contributed by atoms with Crippen molar-refractivity contribution in [3.05, 3.63) is 34.4 Å². The second-order valence-corrected chi connectivity index (χ2v) is 9.40. The van der Waals surface area contributed by atoms with E-state index in [0.717, 1.165) is 11.9 Å². The third kappa shape index (κ3) is 3.77. The third-order valence-corrected chi connectivity index (χ3v) is 7.49. The van der Waals surface area contributed by atoms with Crippen molar-refractivity contribution < 1.29 is 18.1 Å². The lowest BCUT2D eigenvalue weighted by atomic mass is 9.94. The zero-order valence-corrected chi connectivity index (χ0v) is 16.1. The monoisotopic (exact) mass is 396 g/mol. The van der Waals surface area contributed by atoms with Crippen LogP contribution in [-0.2, 0) is 14.6 Å². The SMILES string of the molecule is CS(=O)(=O)C1(C(=O)N2CCN(c3cccc([N+](=O)[O-])c3)CC2)CCNCC1. The zero-order chi connectivity index (χ0) is 19.7. The molecule has 3 rings (SSSR count). The number of anilines is 1. The van der Waals surface area contributed by atoms with Crippen molar-refractivity contribution in [3.8, 4) is 0 Å². The van der Waals surface area contributed by atoms with Gasteiger partial charge in [0.15, 0.2) is 14.6 Å². The smallest absolute Gasteiger partial charge is 0.271 e. The Balaban J connectivity index is 1.72. The van der Waals surface area contributed by atoms with Gasteiger partial charge in [0.2, 0.25) is 5.91 Å². The van der Waals surface area contributed by atoms with Crippen molar-refractivity contribution >= 4 is 27.1 Å². The summed E-state index contributed by atoms with van der Waals surface area (Å²) in [4.78, 5) is 27.2. The fourth-order valence-electron chi connectivity index (χ4n) is 3.83. The lowest BCUT2D eigenvalue weighted by Crippen LogP contribution is -2.61. The van der Waals surface area contributed by atoms with Gasteiger partial charge in [-0.1, -0.05) is 6.07 Å². The second kappa shape index (κ2) is 7.43. The lowest BCUT2D eigenvalue weighted by molar-refractivity contribution is -0.384. The molecule has 27 heavy (non-hydrogen) atoms. The maximum absolute atomic E-state index is 13.1. The molecule has 148 valence electrons. The second-order valence-electron chi connectivity index (χ2n) is 7.07. The molecule has 0 spiro atoms. The van der Waals surface area contributed by atoms with Gasteiger partial charge >= 0.3 is 0 Å². The molecule has 0 saturated carbocycles. The molecular formula is C17H24N4O5S. The lowest BCUT2D eigenvalue weighted by Gasteiger charge is -2.42. The number of nitro groups is 1. The molecule has 2 aliphatic rings. The molecule has 2 fully saturated rings. The van der Waals surface area contributed by atoms with Crippen LogP contribution in [0.25, 0.3) is 0 Å². The maximum atomic E-state index is 13.1. The molecule has 2 aliphatic heterocycles. The van der Waals surface area contributed by atoms with Gasteiger partial charge in [-0.3, -0.25) is 14.9 Å². The van der Waals surface area contributed by atoms with E-state index in [0.29, 0.717) is 39.3 Å². The molecule has 2 saturated heterocycles. The number of carbonyl (C=O) groups is 1. The van der Waals surface area contributed by atoms with E-state index in [1.54, 1.807) is 17.0 Å². The number of piperidine rings is 1. The van der Waals surface area contributed by atoms with Crippen molar-refractivity contribution in [2.75, 3.05) is 50.4 Å². The van der Waals surface area contributed by atoms with E-state index in [1.807, 2.05) is 4.90 Å². The van der Waals surface area contributed by atoms with Crippen LogP contribution in [0.2, 0.25) is 0 Å². The summed E-state index contributed by atoms with van der Waals surface area (Å²) in [7, 11) is -3.54. The summed E-state index contributed by atoms with van der Waals surface area (Å²) < 4.78 is 23.5. The van der Waals surface area contributed by atoms with E-state index >= 15 is 0 Å². The number of amides is 1. The van der Waals surface area contributed by atoms with Crippen molar-refractivity contribution in [2.24, 2.45) is 0 Å². The highest BCUT2D eigenvalue weighted by Gasteiger charge is 2.50. The molecular weight excluding hydrogens is 372 g/mol. The first kappa shape index (κ1) is 19.6. The van der Waals surface area contributed by atoms with Crippen LogP contribution in [0.4, 0.5) is 11.4 Å². The number of carbonyl (C=O) groups excluding carboxylic acids is 1. The Kier molecular flexibility index (Phi) is 5.38. The van der Waals surface area contributed by atoms with Gasteiger partial charge in [0, 0.05) is 50.3 Å². The van der Waals surface area contributed by atoms with Gasteiger partial charge in [-0.25, -0.2) is 8.42 Å². The van der Waals surface area contributed by atoms with Crippen molar-refractivity contribution in [2.45, 2.75) is 17.6 Å². The van der Waals surface area contributed by atoms with E-state index in [4.69, 9.17) is 0 Å². The van der Waals surface area contributed by atoms with E-state index in [1.165, 1.54) is 12.1 Å². The highest BCUT2D eigenvalue weighted by atomic mass is 32.2. The molecule has 0 bridgehead atoms. The number of non-ortho nitro benzene ring substituents is 1. The van der Waals surface area contributed by atoms with Crippen LogP contribution in [0.5, 0.6) is 0 Å². The maximum Gasteiger partial charge on any atom is 0.271 e. The van der Waals surface area contributed by atoms with E-state index < -0.39 is 19.5 Å². The Morgan fingerprint density at radius 1 is 1.19 bits per heavy atom. The average molecular weight is 396 g/mol. The van der Waals surface area contributed by atoms with Crippen LogP contribution in [0, 0.1) is 10.1 Å². The molecule has 0 aliphatic carbocycles. The first-order valence-electron chi connectivity index (χ1n) is 8.94. The summed E-state index contributed by atoms with van der Waals surface area (Å²) in [5.74, 6) is -0.315. The van der Waals surface area contributed by atoms with E-state index in [2.05, 4.69) is 5.32 Å². The molecule has 0 atom stereocenters. The van der Waals surface area contributed by atoms with Crippen LogP contribution in [0.15, 0.2) is 24.3 Å². The standard InChI is InChI=1S/C17H24N4O5S/c1-27(25,26)17(5-7-18-8-6-17)16(22)20-11-9-19(10-12-20)14-3-2-4-15(13-14)21(23)24/h2-4,13,18H,5-12H2,1H3.